The molecule has 3 aromatic carbocycles. The van der Waals surface area contributed by atoms with E-state index in [0.717, 1.165) is 40.6 Å². The monoisotopic (exact) mass is 497 g/mol. The molecule has 36 heavy (non-hydrogen) atoms. The molecule has 178 valence electrons. The van der Waals surface area contributed by atoms with Crippen LogP contribution in [0.2, 0.25) is 0 Å². The number of hydrogen-bond acceptors (Lipinski definition) is 8. The summed E-state index contributed by atoms with van der Waals surface area (Å²) in [6, 6.07) is 25.1. The number of nitrogens with one attached hydrogen (secondary N) is 1. The minimum Gasteiger partial charge on any atom is -0.464 e. The molecule has 0 saturated carbocycles. The van der Waals surface area contributed by atoms with Crippen molar-refractivity contribution >= 4 is 34.6 Å². The van der Waals surface area contributed by atoms with Crippen LogP contribution in [0.5, 0.6) is 11.5 Å². The number of ether oxygens (including phenoxy) is 2. The van der Waals surface area contributed by atoms with Gasteiger partial charge in [-0.3, -0.25) is 14.9 Å². The fourth-order valence-corrected chi connectivity index (χ4v) is 5.08. The van der Waals surface area contributed by atoms with Gasteiger partial charge >= 0.3 is 5.97 Å². The van der Waals surface area contributed by atoms with Crippen molar-refractivity contribution in [2.24, 2.45) is 5.10 Å². The summed E-state index contributed by atoms with van der Waals surface area (Å²) in [6.45, 7) is 0. The van der Waals surface area contributed by atoms with Crippen LogP contribution in [0.15, 0.2) is 94.9 Å². The molecule has 6 rings (SSSR count). The summed E-state index contributed by atoms with van der Waals surface area (Å²) in [5.74, 6) is -0.229. The highest BCUT2D eigenvalue weighted by atomic mass is 32.2. The Hall–Kier alpha value is -4.37. The lowest BCUT2D eigenvalue weighted by molar-refractivity contribution is -0.129. The van der Waals surface area contributed by atoms with Gasteiger partial charge in [0, 0.05) is 23.6 Å². The Labute approximate surface area is 210 Å². The third-order valence-electron chi connectivity index (χ3n) is 6.08. The molecule has 0 aromatic heterocycles. The molecule has 0 bridgehead atoms. The van der Waals surface area contributed by atoms with Crippen molar-refractivity contribution in [3.63, 3.8) is 0 Å². The van der Waals surface area contributed by atoms with Crippen molar-refractivity contribution in [1.82, 2.24) is 10.3 Å². The Morgan fingerprint density at radius 2 is 1.78 bits per heavy atom. The van der Waals surface area contributed by atoms with Crippen molar-refractivity contribution < 1.29 is 23.9 Å². The van der Waals surface area contributed by atoms with Gasteiger partial charge in [-0.25, -0.2) is 9.80 Å². The second-order valence-electron chi connectivity index (χ2n) is 8.36. The highest BCUT2D eigenvalue weighted by Gasteiger charge is 2.40. The molecule has 0 radical (unpaired) electrons. The molecule has 0 aliphatic carbocycles. The van der Waals surface area contributed by atoms with E-state index < -0.39 is 23.3 Å². The lowest BCUT2D eigenvalue weighted by Gasteiger charge is -2.38. The van der Waals surface area contributed by atoms with Crippen molar-refractivity contribution in [2.75, 3.05) is 0 Å². The minimum absolute atomic E-state index is 0.00282. The molecule has 1 saturated heterocycles. The van der Waals surface area contributed by atoms with Crippen molar-refractivity contribution in [2.45, 2.75) is 18.7 Å². The fourth-order valence-electron chi connectivity index (χ4n) is 4.43. The first-order valence-electron chi connectivity index (χ1n) is 11.3. The number of rotatable bonds is 4. The molecular formula is C27H19N3O5S. The van der Waals surface area contributed by atoms with Gasteiger partial charge in [-0.1, -0.05) is 48.5 Å². The maximum Gasteiger partial charge on any atom is 0.337 e. The zero-order valence-electron chi connectivity index (χ0n) is 18.8. The first-order valence-corrected chi connectivity index (χ1v) is 12.1. The molecule has 0 spiro atoms. The van der Waals surface area contributed by atoms with Crippen LogP contribution in [0.25, 0.3) is 0 Å². The fraction of sp³-hybridized carbons (Fsp3) is 0.111. The number of fused-ring (bicyclic) bond motifs is 3. The number of imide groups is 1. The predicted molar refractivity (Wildman–Crippen MR) is 133 cm³/mol. The van der Waals surface area contributed by atoms with Gasteiger partial charge < -0.3 is 9.47 Å². The smallest absolute Gasteiger partial charge is 0.337 e. The van der Waals surface area contributed by atoms with Crippen LogP contribution in [0.4, 0.5) is 4.79 Å². The predicted octanol–water partition coefficient (Wildman–Crippen LogP) is 4.70. The van der Waals surface area contributed by atoms with E-state index in [1.54, 1.807) is 12.1 Å². The Balaban J connectivity index is 1.25. The van der Waals surface area contributed by atoms with Crippen molar-refractivity contribution in [3.05, 3.63) is 107 Å². The largest absolute Gasteiger partial charge is 0.464 e. The van der Waals surface area contributed by atoms with E-state index in [9.17, 15) is 14.4 Å². The number of para-hydroxylation sites is 1. The topological polar surface area (TPSA) is 97.3 Å². The van der Waals surface area contributed by atoms with Gasteiger partial charge in [0.15, 0.2) is 0 Å². The number of carbonyl (C=O) groups excluding carboxylic acids is 3. The van der Waals surface area contributed by atoms with Gasteiger partial charge in [0.1, 0.15) is 11.5 Å². The third kappa shape index (κ3) is 4.14. The molecule has 1 fully saturated rings. The third-order valence-corrected chi connectivity index (χ3v) is 6.89. The van der Waals surface area contributed by atoms with Gasteiger partial charge in [0.05, 0.1) is 16.7 Å². The minimum atomic E-state index is -0.741. The Morgan fingerprint density at radius 3 is 2.53 bits per heavy atom. The molecule has 1 N–H and O–H groups in total. The first kappa shape index (κ1) is 22.1. The molecule has 3 aromatic rings. The van der Waals surface area contributed by atoms with Gasteiger partial charge in [-0.15, -0.1) is 0 Å². The van der Waals surface area contributed by atoms with Crippen LogP contribution in [0, 0.1) is 0 Å². The standard InChI is InChI=1S/C27H19N3O5S/c31-24(15-23-25(32)28-27(33)36-23)34-18-12-10-17(11-13-18)26-30-21(19-8-4-5-9-22(19)35-26)14-20(29-30)16-6-2-1-3-7-16/h1-13,15,21,26H,14H2,(H,28,32,33)/b23-15-. The number of thioether (sulfide) groups is 1. The van der Waals surface area contributed by atoms with Crippen LogP contribution in [0.3, 0.4) is 0 Å². The zero-order valence-corrected chi connectivity index (χ0v) is 19.6. The second-order valence-corrected chi connectivity index (χ2v) is 9.38. The number of amides is 2. The van der Waals surface area contributed by atoms with E-state index in [4.69, 9.17) is 14.6 Å². The van der Waals surface area contributed by atoms with Gasteiger partial charge in [-0.2, -0.15) is 5.10 Å². The lowest BCUT2D eigenvalue weighted by atomic mass is 9.96. The zero-order chi connectivity index (χ0) is 24.6. The highest BCUT2D eigenvalue weighted by Crippen LogP contribution is 2.47. The number of hydrogen-bond donors (Lipinski definition) is 1. The van der Waals surface area contributed by atoms with Crippen LogP contribution >= 0.6 is 11.8 Å². The Morgan fingerprint density at radius 1 is 1.03 bits per heavy atom. The van der Waals surface area contributed by atoms with Crippen LogP contribution < -0.4 is 14.8 Å². The van der Waals surface area contributed by atoms with E-state index in [2.05, 4.69) is 23.5 Å². The number of hydrazone groups is 1. The molecule has 2 atom stereocenters. The van der Waals surface area contributed by atoms with E-state index >= 15 is 0 Å². The van der Waals surface area contributed by atoms with E-state index in [-0.39, 0.29) is 10.9 Å². The van der Waals surface area contributed by atoms with Crippen molar-refractivity contribution in [3.8, 4) is 11.5 Å². The number of carbonyl (C=O) groups is 3. The van der Waals surface area contributed by atoms with Crippen LogP contribution in [0.1, 0.15) is 35.4 Å². The quantitative estimate of drug-likeness (QED) is 0.317. The first-order chi connectivity index (χ1) is 17.5. The highest BCUT2D eigenvalue weighted by molar-refractivity contribution is 8.18. The molecule has 2 amide bonds. The van der Waals surface area contributed by atoms with E-state index in [0.29, 0.717) is 17.5 Å². The summed E-state index contributed by atoms with van der Waals surface area (Å²) in [5, 5.41) is 8.51. The molecular weight excluding hydrogens is 478 g/mol. The van der Waals surface area contributed by atoms with E-state index in [1.165, 1.54) is 0 Å². The SMILES string of the molecule is O=C(/C=C1\SC(=O)NC1=O)Oc1ccc(C2Oc3ccccc3C3CC(c4ccccc4)=NN32)cc1. The summed E-state index contributed by atoms with van der Waals surface area (Å²) in [7, 11) is 0. The maximum absolute atomic E-state index is 12.2. The van der Waals surface area contributed by atoms with Crippen LogP contribution in [-0.4, -0.2) is 27.8 Å². The number of benzene rings is 3. The molecule has 3 heterocycles. The van der Waals surface area contributed by atoms with Gasteiger partial charge in [0.25, 0.3) is 11.1 Å². The molecule has 9 heteroatoms. The average molecular weight is 498 g/mol. The molecule has 3 aliphatic rings. The summed E-state index contributed by atoms with van der Waals surface area (Å²) >= 11 is 0.662. The summed E-state index contributed by atoms with van der Waals surface area (Å²) in [4.78, 5) is 35.1. The normalized spacial score (nSPS) is 21.4. The Bertz CT molecular complexity index is 1440. The molecule has 3 aliphatic heterocycles. The summed E-state index contributed by atoms with van der Waals surface area (Å²) in [5.41, 5.74) is 4.02. The number of esters is 1. The lowest BCUT2D eigenvalue weighted by Crippen LogP contribution is -2.33. The summed E-state index contributed by atoms with van der Waals surface area (Å²) in [6.07, 6.45) is 1.32. The maximum atomic E-state index is 12.2. The average Bonchev–Trinajstić information content (AvgIpc) is 3.47. The molecule has 2 unspecified atom stereocenters. The number of nitrogens with zero attached hydrogens (tertiary/aromatic N) is 2. The van der Waals surface area contributed by atoms with Gasteiger partial charge in [-0.05, 0) is 47.7 Å². The van der Waals surface area contributed by atoms with Crippen LogP contribution in [-0.2, 0) is 9.59 Å². The Kier molecular flexibility index (Phi) is 5.54. The second kappa shape index (κ2) is 9.01. The van der Waals surface area contributed by atoms with Gasteiger partial charge in [0.2, 0.25) is 6.23 Å². The van der Waals surface area contributed by atoms with Crippen molar-refractivity contribution in [1.29, 1.82) is 0 Å². The van der Waals surface area contributed by atoms with E-state index in [1.807, 2.05) is 53.5 Å². The summed E-state index contributed by atoms with van der Waals surface area (Å²) < 4.78 is 11.7. The molecule has 8 nitrogen and oxygen atoms in total.